The van der Waals surface area contributed by atoms with Crippen LogP contribution < -0.4 is 15.8 Å². The first kappa shape index (κ1) is 17.5. The Bertz CT molecular complexity index is 1200. The van der Waals surface area contributed by atoms with E-state index in [1.807, 2.05) is 30.3 Å². The molecule has 0 aliphatic heterocycles. The second-order valence-corrected chi connectivity index (χ2v) is 6.19. The number of aromatic nitrogens is 3. The number of hydrogen-bond acceptors (Lipinski definition) is 7. The van der Waals surface area contributed by atoms with Crippen molar-refractivity contribution >= 4 is 40.0 Å². The summed E-state index contributed by atoms with van der Waals surface area (Å²) in [6, 6.07) is 20.3. The average molecular weight is 389 g/mol. The van der Waals surface area contributed by atoms with Gasteiger partial charge in [0.1, 0.15) is 5.75 Å². The van der Waals surface area contributed by atoms with Crippen molar-refractivity contribution in [2.24, 2.45) is 0 Å². The van der Waals surface area contributed by atoms with Gasteiger partial charge in [-0.05, 0) is 35.7 Å². The monoisotopic (exact) mass is 388 g/mol. The fraction of sp³-hybridized carbons (Fsp3) is 0. The highest BCUT2D eigenvalue weighted by molar-refractivity contribution is 6.37. The summed E-state index contributed by atoms with van der Waals surface area (Å²) in [5.41, 5.74) is 7.03. The molecule has 0 spiro atoms. The van der Waals surface area contributed by atoms with Crippen molar-refractivity contribution in [3.63, 3.8) is 0 Å². The Morgan fingerprint density at radius 1 is 0.964 bits per heavy atom. The summed E-state index contributed by atoms with van der Waals surface area (Å²) in [5.74, 6) is 0.623. The number of nitriles is 1. The summed E-state index contributed by atoms with van der Waals surface area (Å²) < 4.78 is 5.76. The molecule has 3 N–H and O–H groups in total. The zero-order chi connectivity index (χ0) is 19.5. The Morgan fingerprint density at radius 3 is 2.54 bits per heavy atom. The van der Waals surface area contributed by atoms with Gasteiger partial charge in [-0.2, -0.15) is 20.2 Å². The number of anilines is 3. The molecular weight excluding hydrogens is 376 g/mol. The number of hydrogen-bond donors (Lipinski definition) is 2. The summed E-state index contributed by atoms with van der Waals surface area (Å²) in [4.78, 5) is 12.3. The van der Waals surface area contributed by atoms with Crippen LogP contribution in [0.3, 0.4) is 0 Å². The van der Waals surface area contributed by atoms with Crippen molar-refractivity contribution in [2.45, 2.75) is 0 Å². The molecule has 3 aromatic carbocycles. The number of nitrogens with one attached hydrogen (secondary N) is 1. The van der Waals surface area contributed by atoms with Crippen molar-refractivity contribution in [3.8, 4) is 17.8 Å². The maximum atomic E-state index is 8.87. The van der Waals surface area contributed by atoms with Gasteiger partial charge >= 0.3 is 6.01 Å². The molecule has 0 saturated carbocycles. The molecule has 28 heavy (non-hydrogen) atoms. The van der Waals surface area contributed by atoms with Crippen molar-refractivity contribution < 1.29 is 4.74 Å². The number of rotatable bonds is 4. The number of nitrogens with zero attached hydrogens (tertiary/aromatic N) is 4. The molecule has 0 saturated heterocycles. The molecule has 0 radical (unpaired) electrons. The second kappa shape index (κ2) is 7.39. The number of benzene rings is 3. The topological polar surface area (TPSA) is 110 Å². The van der Waals surface area contributed by atoms with E-state index in [0.717, 1.165) is 10.8 Å². The average Bonchev–Trinajstić information content (AvgIpc) is 2.70. The number of ether oxygens (including phenoxy) is 1. The maximum absolute atomic E-state index is 8.87. The molecule has 0 bridgehead atoms. The van der Waals surface area contributed by atoms with Gasteiger partial charge in [0.2, 0.25) is 11.9 Å². The Kier molecular flexibility index (Phi) is 4.62. The van der Waals surface area contributed by atoms with Crippen molar-refractivity contribution in [3.05, 3.63) is 71.2 Å². The standard InChI is InChI=1S/C20H13ClN6O/c21-17-15-4-2-1-3-13(15)7-10-16(17)28-20-26-18(23)25-19(27-20)24-14-8-5-12(11-22)6-9-14/h1-10H,(H3,23,24,25,26,27). The molecule has 0 unspecified atom stereocenters. The smallest absolute Gasteiger partial charge is 0.328 e. The Labute approximate surface area is 165 Å². The minimum atomic E-state index is -0.00180. The van der Waals surface area contributed by atoms with Crippen LogP contribution in [0.4, 0.5) is 17.6 Å². The number of halogens is 1. The van der Waals surface area contributed by atoms with Gasteiger partial charge in [-0.1, -0.05) is 41.9 Å². The Balaban J connectivity index is 1.62. The van der Waals surface area contributed by atoms with Crippen LogP contribution in [0.5, 0.6) is 11.8 Å². The molecule has 8 heteroatoms. The third kappa shape index (κ3) is 3.63. The number of nitrogens with two attached hydrogens (primary N) is 1. The molecule has 7 nitrogen and oxygen atoms in total. The van der Waals surface area contributed by atoms with E-state index in [2.05, 4.69) is 26.3 Å². The van der Waals surface area contributed by atoms with Crippen molar-refractivity contribution in [1.82, 2.24) is 15.0 Å². The molecule has 136 valence electrons. The van der Waals surface area contributed by atoms with E-state index in [1.54, 1.807) is 30.3 Å². The SMILES string of the molecule is N#Cc1ccc(Nc2nc(N)nc(Oc3ccc4ccccc4c3Cl)n2)cc1. The lowest BCUT2D eigenvalue weighted by Gasteiger charge is -2.10. The highest BCUT2D eigenvalue weighted by Crippen LogP contribution is 2.34. The first-order valence-corrected chi connectivity index (χ1v) is 8.64. The lowest BCUT2D eigenvalue weighted by molar-refractivity contribution is 0.442. The third-order valence-corrected chi connectivity index (χ3v) is 4.32. The first-order chi connectivity index (χ1) is 13.6. The van der Waals surface area contributed by atoms with E-state index in [9.17, 15) is 0 Å². The predicted molar refractivity (Wildman–Crippen MR) is 108 cm³/mol. The van der Waals surface area contributed by atoms with E-state index in [1.165, 1.54) is 0 Å². The van der Waals surface area contributed by atoms with Crippen LogP contribution in [-0.4, -0.2) is 15.0 Å². The fourth-order valence-electron chi connectivity index (χ4n) is 2.62. The predicted octanol–water partition coefficient (Wildman–Crippen LogP) is 4.67. The molecule has 1 aromatic heterocycles. The van der Waals surface area contributed by atoms with Crippen LogP contribution >= 0.6 is 11.6 Å². The summed E-state index contributed by atoms with van der Waals surface area (Å²) in [6.45, 7) is 0. The van der Waals surface area contributed by atoms with Crippen LogP contribution in [0.25, 0.3) is 10.8 Å². The summed E-state index contributed by atoms with van der Waals surface area (Å²) in [6.07, 6.45) is 0. The van der Waals surface area contributed by atoms with Gasteiger partial charge in [-0.3, -0.25) is 0 Å². The van der Waals surface area contributed by atoms with Crippen LogP contribution in [0.2, 0.25) is 5.02 Å². The quantitative estimate of drug-likeness (QED) is 0.522. The lowest BCUT2D eigenvalue weighted by atomic mass is 10.1. The molecule has 4 rings (SSSR count). The summed E-state index contributed by atoms with van der Waals surface area (Å²) >= 11 is 6.46. The molecule has 0 aliphatic rings. The Morgan fingerprint density at radius 2 is 1.75 bits per heavy atom. The van der Waals surface area contributed by atoms with Gasteiger partial charge in [-0.25, -0.2) is 0 Å². The van der Waals surface area contributed by atoms with Gasteiger partial charge in [0, 0.05) is 11.1 Å². The van der Waals surface area contributed by atoms with Crippen LogP contribution in [0.1, 0.15) is 5.56 Å². The zero-order valence-corrected chi connectivity index (χ0v) is 15.2. The van der Waals surface area contributed by atoms with Gasteiger partial charge in [0.05, 0.1) is 16.7 Å². The molecule has 0 amide bonds. The third-order valence-electron chi connectivity index (χ3n) is 3.93. The number of fused-ring (bicyclic) bond motifs is 1. The largest absolute Gasteiger partial charge is 0.423 e. The van der Waals surface area contributed by atoms with Gasteiger partial charge < -0.3 is 15.8 Å². The summed E-state index contributed by atoms with van der Waals surface area (Å²) in [7, 11) is 0. The minimum Gasteiger partial charge on any atom is -0.423 e. The first-order valence-electron chi connectivity index (χ1n) is 8.26. The highest BCUT2D eigenvalue weighted by Gasteiger charge is 2.12. The van der Waals surface area contributed by atoms with Gasteiger partial charge in [-0.15, -0.1) is 0 Å². The fourth-order valence-corrected chi connectivity index (χ4v) is 2.90. The van der Waals surface area contributed by atoms with Crippen LogP contribution in [0, 0.1) is 11.3 Å². The van der Waals surface area contributed by atoms with Crippen LogP contribution in [-0.2, 0) is 0 Å². The molecule has 4 aromatic rings. The van der Waals surface area contributed by atoms with E-state index in [0.29, 0.717) is 22.0 Å². The minimum absolute atomic E-state index is 0.00180. The van der Waals surface area contributed by atoms with E-state index in [-0.39, 0.29) is 17.9 Å². The van der Waals surface area contributed by atoms with E-state index in [4.69, 9.17) is 27.3 Å². The molecule has 0 fully saturated rings. The normalized spacial score (nSPS) is 10.4. The van der Waals surface area contributed by atoms with Crippen molar-refractivity contribution in [1.29, 1.82) is 5.26 Å². The highest BCUT2D eigenvalue weighted by atomic mass is 35.5. The second-order valence-electron chi connectivity index (χ2n) is 5.81. The van der Waals surface area contributed by atoms with Crippen LogP contribution in [0.15, 0.2) is 60.7 Å². The van der Waals surface area contributed by atoms with E-state index < -0.39 is 0 Å². The number of nitrogen functional groups attached to an aromatic ring is 1. The van der Waals surface area contributed by atoms with Gasteiger partial charge in [0.15, 0.2) is 0 Å². The molecular formula is C20H13ClN6O. The lowest BCUT2D eigenvalue weighted by Crippen LogP contribution is -2.05. The Hall–Kier alpha value is -3.89. The maximum Gasteiger partial charge on any atom is 0.328 e. The molecule has 0 aliphatic carbocycles. The molecule has 1 heterocycles. The zero-order valence-electron chi connectivity index (χ0n) is 14.4. The van der Waals surface area contributed by atoms with E-state index >= 15 is 0 Å². The van der Waals surface area contributed by atoms with Gasteiger partial charge in [0.25, 0.3) is 0 Å². The molecule has 0 atom stereocenters. The van der Waals surface area contributed by atoms with Crippen molar-refractivity contribution in [2.75, 3.05) is 11.1 Å². The summed E-state index contributed by atoms with van der Waals surface area (Å²) in [5, 5.41) is 14.2.